The summed E-state index contributed by atoms with van der Waals surface area (Å²) >= 11 is 0. The van der Waals surface area contributed by atoms with Gasteiger partial charge in [-0.3, -0.25) is 9.69 Å². The fourth-order valence-corrected chi connectivity index (χ4v) is 5.92. The number of nitrogens with one attached hydrogen (secondary N) is 1. The number of rotatable bonds is 9. The van der Waals surface area contributed by atoms with Gasteiger partial charge in [0.05, 0.1) is 11.7 Å². The van der Waals surface area contributed by atoms with Crippen molar-refractivity contribution in [2.75, 3.05) is 63.0 Å². The van der Waals surface area contributed by atoms with Crippen LogP contribution < -0.4 is 10.2 Å². The van der Waals surface area contributed by atoms with Crippen LogP contribution in [0, 0.1) is 11.7 Å². The lowest BCUT2D eigenvalue weighted by molar-refractivity contribution is -0.126. The molecule has 0 aliphatic carbocycles. The van der Waals surface area contributed by atoms with E-state index in [0.717, 1.165) is 57.7 Å². The number of hydrogen-bond acceptors (Lipinski definition) is 5. The molecule has 2 aliphatic rings. The second-order valence-corrected chi connectivity index (χ2v) is 10.6. The molecule has 31 heavy (non-hydrogen) atoms. The molecule has 0 unspecified atom stereocenters. The van der Waals surface area contributed by atoms with Crippen molar-refractivity contribution < 1.29 is 17.6 Å². The number of halogens is 1. The first-order valence-corrected chi connectivity index (χ1v) is 13.0. The molecule has 1 aromatic rings. The molecule has 0 bridgehead atoms. The summed E-state index contributed by atoms with van der Waals surface area (Å²) in [5.74, 6) is -0.347. The van der Waals surface area contributed by atoms with E-state index >= 15 is 0 Å². The van der Waals surface area contributed by atoms with Crippen molar-refractivity contribution in [3.8, 4) is 0 Å². The Morgan fingerprint density at radius 2 is 1.84 bits per heavy atom. The monoisotopic (exact) mass is 454 g/mol. The van der Waals surface area contributed by atoms with Gasteiger partial charge in [0.25, 0.3) is 0 Å². The Balaban J connectivity index is 1.33. The van der Waals surface area contributed by atoms with Gasteiger partial charge in [-0.2, -0.15) is 0 Å². The first kappa shape index (κ1) is 23.9. The molecule has 2 aliphatic heterocycles. The number of amides is 1. The normalized spacial score (nSPS) is 21.2. The van der Waals surface area contributed by atoms with Crippen LogP contribution in [0.15, 0.2) is 24.3 Å². The van der Waals surface area contributed by atoms with Crippen LogP contribution in [-0.2, 0) is 14.8 Å². The summed E-state index contributed by atoms with van der Waals surface area (Å²) in [4.78, 5) is 17.2. The van der Waals surface area contributed by atoms with Crippen LogP contribution in [0.2, 0.25) is 0 Å². The molecule has 2 saturated heterocycles. The van der Waals surface area contributed by atoms with Crippen LogP contribution in [0.1, 0.15) is 32.6 Å². The fraction of sp³-hybridized carbons (Fsp3) is 0.682. The van der Waals surface area contributed by atoms with E-state index in [1.807, 2.05) is 19.1 Å². The first-order valence-electron chi connectivity index (χ1n) is 11.4. The predicted octanol–water partition coefficient (Wildman–Crippen LogP) is 1.91. The van der Waals surface area contributed by atoms with Crippen LogP contribution >= 0.6 is 0 Å². The average molecular weight is 455 g/mol. The molecule has 0 spiro atoms. The number of piperazine rings is 1. The standard InChI is InChI=1S/C22H35FN4O3S/c1-2-17-31(29,30)27-12-3-5-19(18-27)22(28)24-10-4-11-25-13-15-26(16-14-25)21-8-6-20(23)7-9-21/h6-9,19H,2-5,10-18H2,1H3,(H,24,28)/t19-/m0/s1. The Labute approximate surface area is 185 Å². The van der Waals surface area contributed by atoms with Gasteiger partial charge in [0.15, 0.2) is 0 Å². The van der Waals surface area contributed by atoms with E-state index in [4.69, 9.17) is 0 Å². The summed E-state index contributed by atoms with van der Waals surface area (Å²) in [5, 5.41) is 3.00. The first-order chi connectivity index (χ1) is 14.9. The summed E-state index contributed by atoms with van der Waals surface area (Å²) in [5.41, 5.74) is 1.05. The summed E-state index contributed by atoms with van der Waals surface area (Å²) in [7, 11) is -3.24. The average Bonchev–Trinajstić information content (AvgIpc) is 2.78. The lowest BCUT2D eigenvalue weighted by Crippen LogP contribution is -2.47. The number of carbonyl (C=O) groups excluding carboxylic acids is 1. The van der Waals surface area contributed by atoms with E-state index in [-0.39, 0.29) is 23.4 Å². The Hall–Kier alpha value is -1.71. The van der Waals surface area contributed by atoms with Crippen molar-refractivity contribution in [2.45, 2.75) is 32.6 Å². The summed E-state index contributed by atoms with van der Waals surface area (Å²) in [6.07, 6.45) is 2.94. The number of piperidine rings is 1. The fourth-order valence-electron chi connectivity index (χ4n) is 4.34. The molecule has 9 heteroatoms. The number of carbonyl (C=O) groups is 1. The van der Waals surface area contributed by atoms with Gasteiger partial charge in [0.1, 0.15) is 5.82 Å². The Morgan fingerprint density at radius 3 is 2.52 bits per heavy atom. The molecule has 1 aromatic carbocycles. The molecule has 0 radical (unpaired) electrons. The molecule has 1 N–H and O–H groups in total. The molecule has 2 heterocycles. The van der Waals surface area contributed by atoms with Crippen LogP contribution in [0.5, 0.6) is 0 Å². The molecular formula is C22H35FN4O3S. The predicted molar refractivity (Wildman–Crippen MR) is 121 cm³/mol. The highest BCUT2D eigenvalue weighted by atomic mass is 32.2. The van der Waals surface area contributed by atoms with Crippen molar-refractivity contribution in [1.82, 2.24) is 14.5 Å². The van der Waals surface area contributed by atoms with Gasteiger partial charge in [-0.05, 0) is 56.5 Å². The van der Waals surface area contributed by atoms with E-state index in [0.29, 0.717) is 26.1 Å². The van der Waals surface area contributed by atoms with Crippen LogP contribution in [0.3, 0.4) is 0 Å². The highest BCUT2D eigenvalue weighted by Crippen LogP contribution is 2.20. The zero-order valence-electron chi connectivity index (χ0n) is 18.4. The SMILES string of the molecule is CCCS(=O)(=O)N1CCC[C@H](C(=O)NCCCN2CCN(c3ccc(F)cc3)CC2)C1. The Kier molecular flexibility index (Phi) is 8.68. The van der Waals surface area contributed by atoms with Crippen molar-refractivity contribution >= 4 is 21.6 Å². The summed E-state index contributed by atoms with van der Waals surface area (Å²) < 4.78 is 39.1. The smallest absolute Gasteiger partial charge is 0.224 e. The van der Waals surface area contributed by atoms with Crippen LogP contribution in [0.4, 0.5) is 10.1 Å². The minimum atomic E-state index is -3.24. The Bertz CT molecular complexity index is 811. The summed E-state index contributed by atoms with van der Waals surface area (Å²) in [6.45, 7) is 7.90. The molecule has 0 aromatic heterocycles. The molecule has 1 atom stereocenters. The van der Waals surface area contributed by atoms with Gasteiger partial charge in [-0.25, -0.2) is 17.1 Å². The molecule has 3 rings (SSSR count). The van der Waals surface area contributed by atoms with Gasteiger partial charge >= 0.3 is 0 Å². The van der Waals surface area contributed by atoms with Gasteiger partial charge in [-0.15, -0.1) is 0 Å². The summed E-state index contributed by atoms with van der Waals surface area (Å²) in [6, 6.07) is 6.63. The van der Waals surface area contributed by atoms with Gasteiger partial charge in [0, 0.05) is 51.5 Å². The van der Waals surface area contributed by atoms with Crippen molar-refractivity contribution in [2.24, 2.45) is 5.92 Å². The minimum absolute atomic E-state index is 0.0301. The zero-order chi connectivity index (χ0) is 22.3. The quantitative estimate of drug-likeness (QED) is 0.577. The van der Waals surface area contributed by atoms with E-state index in [1.54, 1.807) is 0 Å². The molecule has 0 saturated carbocycles. The number of benzene rings is 1. The highest BCUT2D eigenvalue weighted by molar-refractivity contribution is 7.89. The number of sulfonamides is 1. The highest BCUT2D eigenvalue weighted by Gasteiger charge is 2.31. The minimum Gasteiger partial charge on any atom is -0.369 e. The van der Waals surface area contributed by atoms with Gasteiger partial charge in [-0.1, -0.05) is 6.92 Å². The lowest BCUT2D eigenvalue weighted by atomic mass is 9.99. The molecule has 174 valence electrons. The number of anilines is 1. The molecule has 1 amide bonds. The van der Waals surface area contributed by atoms with Crippen molar-refractivity contribution in [3.05, 3.63) is 30.1 Å². The maximum absolute atomic E-state index is 13.1. The van der Waals surface area contributed by atoms with E-state index in [2.05, 4.69) is 15.1 Å². The second kappa shape index (κ2) is 11.2. The third-order valence-corrected chi connectivity index (χ3v) is 8.17. The maximum atomic E-state index is 13.1. The Morgan fingerprint density at radius 1 is 1.13 bits per heavy atom. The molecule has 7 nitrogen and oxygen atoms in total. The maximum Gasteiger partial charge on any atom is 0.224 e. The third-order valence-electron chi connectivity index (χ3n) is 6.12. The molecular weight excluding hydrogens is 419 g/mol. The van der Waals surface area contributed by atoms with Gasteiger partial charge < -0.3 is 10.2 Å². The van der Waals surface area contributed by atoms with Crippen molar-refractivity contribution in [1.29, 1.82) is 0 Å². The van der Waals surface area contributed by atoms with Crippen LogP contribution in [0.25, 0.3) is 0 Å². The van der Waals surface area contributed by atoms with E-state index in [9.17, 15) is 17.6 Å². The molecule has 2 fully saturated rings. The number of nitrogens with zero attached hydrogens (tertiary/aromatic N) is 3. The van der Waals surface area contributed by atoms with Crippen LogP contribution in [-0.4, -0.2) is 81.6 Å². The lowest BCUT2D eigenvalue weighted by Gasteiger charge is -2.36. The third kappa shape index (κ3) is 6.89. The topological polar surface area (TPSA) is 73.0 Å². The van der Waals surface area contributed by atoms with Gasteiger partial charge in [0.2, 0.25) is 15.9 Å². The largest absolute Gasteiger partial charge is 0.369 e. The zero-order valence-corrected chi connectivity index (χ0v) is 19.2. The second-order valence-electron chi connectivity index (χ2n) is 8.46. The number of hydrogen-bond donors (Lipinski definition) is 1. The van der Waals surface area contributed by atoms with Crippen molar-refractivity contribution in [3.63, 3.8) is 0 Å². The van der Waals surface area contributed by atoms with E-state index < -0.39 is 10.0 Å². The van der Waals surface area contributed by atoms with E-state index in [1.165, 1.54) is 16.4 Å².